The monoisotopic (exact) mass is 298 g/mol. The molecular formula is C17H22N4O. The number of hydrogen-bond acceptors (Lipinski definition) is 3. The van der Waals surface area contributed by atoms with E-state index >= 15 is 0 Å². The molecule has 1 fully saturated rings. The maximum absolute atomic E-state index is 12.3. The third kappa shape index (κ3) is 3.36. The average molecular weight is 298 g/mol. The van der Waals surface area contributed by atoms with Crippen molar-refractivity contribution in [3.63, 3.8) is 0 Å². The van der Waals surface area contributed by atoms with Crippen LogP contribution >= 0.6 is 0 Å². The van der Waals surface area contributed by atoms with Gasteiger partial charge in [0, 0.05) is 12.2 Å². The first-order chi connectivity index (χ1) is 10.7. The van der Waals surface area contributed by atoms with E-state index in [9.17, 15) is 4.79 Å². The lowest BCUT2D eigenvalue weighted by Crippen LogP contribution is -2.38. The second kappa shape index (κ2) is 6.75. The van der Waals surface area contributed by atoms with E-state index in [0.717, 1.165) is 24.5 Å². The molecule has 1 saturated heterocycles. The number of nitrogens with zero attached hydrogens (tertiary/aromatic N) is 2. The van der Waals surface area contributed by atoms with Gasteiger partial charge in [0.25, 0.3) is 5.91 Å². The third-order valence-electron chi connectivity index (χ3n) is 4.07. The minimum atomic E-state index is -0.0941. The van der Waals surface area contributed by atoms with Gasteiger partial charge in [0.05, 0.1) is 5.69 Å². The molecule has 2 heterocycles. The van der Waals surface area contributed by atoms with Crippen LogP contribution in [-0.2, 0) is 0 Å². The summed E-state index contributed by atoms with van der Waals surface area (Å²) in [7, 11) is 0. The average Bonchev–Trinajstić information content (AvgIpc) is 2.96. The molecule has 22 heavy (non-hydrogen) atoms. The second-order valence-electron chi connectivity index (χ2n) is 5.84. The van der Waals surface area contributed by atoms with E-state index in [0.29, 0.717) is 18.2 Å². The van der Waals surface area contributed by atoms with Crippen LogP contribution < -0.4 is 10.6 Å². The Morgan fingerprint density at radius 3 is 2.95 bits per heavy atom. The minimum Gasteiger partial charge on any atom is -0.350 e. The number of carbonyl (C=O) groups excluding carboxylic acids is 1. The van der Waals surface area contributed by atoms with Crippen LogP contribution in [0.3, 0.4) is 0 Å². The highest BCUT2D eigenvalue weighted by atomic mass is 16.1. The van der Waals surface area contributed by atoms with Gasteiger partial charge in [0.1, 0.15) is 0 Å². The Balaban J connectivity index is 1.66. The van der Waals surface area contributed by atoms with Gasteiger partial charge in [-0.15, -0.1) is 0 Å². The molecule has 1 aliphatic heterocycles. The van der Waals surface area contributed by atoms with Crippen molar-refractivity contribution >= 4 is 5.91 Å². The minimum absolute atomic E-state index is 0.0941. The van der Waals surface area contributed by atoms with Crippen molar-refractivity contribution in [2.24, 2.45) is 5.92 Å². The first-order valence-corrected chi connectivity index (χ1v) is 7.85. The Hall–Kier alpha value is -2.14. The number of hydrogen-bond donors (Lipinski definition) is 2. The van der Waals surface area contributed by atoms with Crippen molar-refractivity contribution in [1.29, 1.82) is 0 Å². The summed E-state index contributed by atoms with van der Waals surface area (Å²) in [6.07, 6.45) is 2.35. The van der Waals surface area contributed by atoms with Crippen molar-refractivity contribution in [3.05, 3.63) is 47.8 Å². The van der Waals surface area contributed by atoms with Gasteiger partial charge < -0.3 is 10.6 Å². The molecule has 0 bridgehead atoms. The Morgan fingerprint density at radius 2 is 2.23 bits per heavy atom. The van der Waals surface area contributed by atoms with Gasteiger partial charge in [-0.2, -0.15) is 5.10 Å². The number of amides is 1. The molecule has 1 amide bonds. The lowest BCUT2D eigenvalue weighted by atomic mass is 10.00. The molecule has 5 heteroatoms. The molecule has 3 rings (SSSR count). The SMILES string of the molecule is Cc1cc(C(=O)NC[C@H]2CCCNC2)nn1-c1ccccc1. The van der Waals surface area contributed by atoms with E-state index in [1.807, 2.05) is 43.3 Å². The number of nitrogens with one attached hydrogen (secondary N) is 2. The Kier molecular flexibility index (Phi) is 4.53. The van der Waals surface area contributed by atoms with Crippen LogP contribution in [-0.4, -0.2) is 35.3 Å². The molecule has 116 valence electrons. The standard InChI is InChI=1S/C17H22N4O/c1-13-10-16(20-21(13)15-7-3-2-4-8-15)17(22)19-12-14-6-5-9-18-11-14/h2-4,7-8,10,14,18H,5-6,9,11-12H2,1H3,(H,19,22)/t14-/m0/s1. The normalized spacial score (nSPS) is 18.1. The third-order valence-corrected chi connectivity index (χ3v) is 4.07. The van der Waals surface area contributed by atoms with Crippen LogP contribution in [0.4, 0.5) is 0 Å². The van der Waals surface area contributed by atoms with Gasteiger partial charge in [-0.3, -0.25) is 4.79 Å². The molecule has 0 unspecified atom stereocenters. The fraction of sp³-hybridized carbons (Fsp3) is 0.412. The summed E-state index contributed by atoms with van der Waals surface area (Å²) in [4.78, 5) is 12.3. The first kappa shape index (κ1) is 14.8. The maximum Gasteiger partial charge on any atom is 0.271 e. The first-order valence-electron chi connectivity index (χ1n) is 7.85. The van der Waals surface area contributed by atoms with Gasteiger partial charge in [-0.1, -0.05) is 18.2 Å². The molecule has 1 aliphatic rings. The zero-order valence-electron chi connectivity index (χ0n) is 12.9. The van der Waals surface area contributed by atoms with Crippen molar-refractivity contribution in [2.45, 2.75) is 19.8 Å². The highest BCUT2D eigenvalue weighted by molar-refractivity contribution is 5.92. The van der Waals surface area contributed by atoms with Crippen molar-refractivity contribution in [2.75, 3.05) is 19.6 Å². The van der Waals surface area contributed by atoms with Gasteiger partial charge in [-0.05, 0) is 57.0 Å². The van der Waals surface area contributed by atoms with Gasteiger partial charge >= 0.3 is 0 Å². The number of carbonyl (C=O) groups is 1. The molecular weight excluding hydrogens is 276 g/mol. The lowest BCUT2D eigenvalue weighted by Gasteiger charge is -2.22. The van der Waals surface area contributed by atoms with E-state index in [2.05, 4.69) is 15.7 Å². The van der Waals surface area contributed by atoms with Gasteiger partial charge in [-0.25, -0.2) is 4.68 Å². The van der Waals surface area contributed by atoms with E-state index in [4.69, 9.17) is 0 Å². The molecule has 2 aromatic rings. The zero-order valence-corrected chi connectivity index (χ0v) is 12.9. The predicted molar refractivity (Wildman–Crippen MR) is 86.2 cm³/mol. The molecule has 2 N–H and O–H groups in total. The number of benzene rings is 1. The van der Waals surface area contributed by atoms with Crippen LogP contribution in [0.1, 0.15) is 29.0 Å². The fourth-order valence-electron chi connectivity index (χ4n) is 2.84. The summed E-state index contributed by atoms with van der Waals surface area (Å²) < 4.78 is 1.80. The molecule has 1 aromatic carbocycles. The van der Waals surface area contributed by atoms with Crippen LogP contribution in [0.2, 0.25) is 0 Å². The van der Waals surface area contributed by atoms with Crippen molar-refractivity contribution in [3.8, 4) is 5.69 Å². The van der Waals surface area contributed by atoms with E-state index < -0.39 is 0 Å². The van der Waals surface area contributed by atoms with Gasteiger partial charge in [0.15, 0.2) is 5.69 Å². The van der Waals surface area contributed by atoms with Crippen LogP contribution in [0, 0.1) is 12.8 Å². The second-order valence-corrected chi connectivity index (χ2v) is 5.84. The van der Waals surface area contributed by atoms with Crippen LogP contribution in [0.15, 0.2) is 36.4 Å². The van der Waals surface area contributed by atoms with Crippen LogP contribution in [0.5, 0.6) is 0 Å². The molecule has 5 nitrogen and oxygen atoms in total. The zero-order chi connectivity index (χ0) is 15.4. The number of piperidine rings is 1. The number of para-hydroxylation sites is 1. The molecule has 0 spiro atoms. The summed E-state index contributed by atoms with van der Waals surface area (Å²) in [5.74, 6) is 0.429. The summed E-state index contributed by atoms with van der Waals surface area (Å²) in [6.45, 7) is 4.74. The summed E-state index contributed by atoms with van der Waals surface area (Å²) in [5, 5.41) is 10.8. The fourth-order valence-corrected chi connectivity index (χ4v) is 2.84. The smallest absolute Gasteiger partial charge is 0.271 e. The Morgan fingerprint density at radius 1 is 1.41 bits per heavy atom. The lowest BCUT2D eigenvalue weighted by molar-refractivity contribution is 0.0939. The van der Waals surface area contributed by atoms with E-state index in [1.54, 1.807) is 4.68 Å². The Bertz CT molecular complexity index is 629. The summed E-state index contributed by atoms with van der Waals surface area (Å²) in [6, 6.07) is 11.7. The van der Waals surface area contributed by atoms with Crippen molar-refractivity contribution < 1.29 is 4.79 Å². The molecule has 0 radical (unpaired) electrons. The molecule has 0 saturated carbocycles. The van der Waals surface area contributed by atoms with E-state index in [1.165, 1.54) is 12.8 Å². The van der Waals surface area contributed by atoms with Crippen LogP contribution in [0.25, 0.3) is 5.69 Å². The quantitative estimate of drug-likeness (QED) is 0.906. The molecule has 1 aromatic heterocycles. The molecule has 1 atom stereocenters. The topological polar surface area (TPSA) is 59.0 Å². The number of rotatable bonds is 4. The summed E-state index contributed by atoms with van der Waals surface area (Å²) >= 11 is 0. The largest absolute Gasteiger partial charge is 0.350 e. The van der Waals surface area contributed by atoms with Crippen molar-refractivity contribution in [1.82, 2.24) is 20.4 Å². The summed E-state index contributed by atoms with van der Waals surface area (Å²) in [5.41, 5.74) is 2.40. The van der Waals surface area contributed by atoms with Gasteiger partial charge in [0.2, 0.25) is 0 Å². The molecule has 0 aliphatic carbocycles. The van der Waals surface area contributed by atoms with E-state index in [-0.39, 0.29) is 5.91 Å². The predicted octanol–water partition coefficient (Wildman–Crippen LogP) is 1.91. The maximum atomic E-state index is 12.3. The highest BCUT2D eigenvalue weighted by Gasteiger charge is 2.17. The highest BCUT2D eigenvalue weighted by Crippen LogP contribution is 2.12. The Labute approximate surface area is 130 Å². The number of aryl methyl sites for hydroxylation is 1. The number of aromatic nitrogens is 2.